The topological polar surface area (TPSA) is 62.9 Å². The maximum absolute atomic E-state index is 5.59. The lowest BCUT2D eigenvalue weighted by Crippen LogP contribution is -2.12. The van der Waals surface area contributed by atoms with E-state index in [-0.39, 0.29) is 0 Å². The first-order valence-electron chi connectivity index (χ1n) is 6.93. The highest BCUT2D eigenvalue weighted by Crippen LogP contribution is 2.12. The Morgan fingerprint density at radius 1 is 1.00 bits per heavy atom. The Bertz CT molecular complexity index is 439. The van der Waals surface area contributed by atoms with Crippen LogP contribution in [-0.4, -0.2) is 53.3 Å². The minimum absolute atomic E-state index is 0.353. The average Bonchev–Trinajstić information content (AvgIpc) is 2.52. The molecule has 0 saturated heterocycles. The van der Waals surface area contributed by atoms with Gasteiger partial charge in [-0.25, -0.2) is 0 Å². The van der Waals surface area contributed by atoms with Gasteiger partial charge in [0.1, 0.15) is 12.4 Å². The maximum Gasteiger partial charge on any atom is 0.120 e. The van der Waals surface area contributed by atoms with Crippen LogP contribution in [-0.2, 0) is 14.2 Å². The van der Waals surface area contributed by atoms with Crippen LogP contribution in [0.3, 0.4) is 0 Å². The van der Waals surface area contributed by atoms with E-state index < -0.39 is 0 Å². The van der Waals surface area contributed by atoms with Crippen LogP contribution >= 0.6 is 0 Å². The minimum Gasteiger partial charge on any atom is -0.491 e. The highest BCUT2D eigenvalue weighted by atomic mass is 16.6. The molecule has 0 spiro atoms. The van der Waals surface area contributed by atoms with Gasteiger partial charge in [0.05, 0.1) is 39.6 Å². The summed E-state index contributed by atoms with van der Waals surface area (Å²) >= 11 is 0. The molecule has 0 radical (unpaired) electrons. The van der Waals surface area contributed by atoms with Crippen molar-refractivity contribution in [1.29, 1.82) is 0 Å². The average molecular weight is 293 g/mol. The molecule has 116 valence electrons. The molecule has 21 heavy (non-hydrogen) atoms. The van der Waals surface area contributed by atoms with Crippen LogP contribution < -0.4 is 10.5 Å². The quantitative estimate of drug-likeness (QED) is 0.516. The van der Waals surface area contributed by atoms with Crippen molar-refractivity contribution in [3.05, 3.63) is 29.8 Å². The normalized spacial score (nSPS) is 10.0. The monoisotopic (exact) mass is 293 g/mol. The van der Waals surface area contributed by atoms with Crippen LogP contribution in [0, 0.1) is 11.8 Å². The second kappa shape index (κ2) is 12.2. The van der Waals surface area contributed by atoms with Crippen LogP contribution in [0.2, 0.25) is 0 Å². The van der Waals surface area contributed by atoms with Gasteiger partial charge in [0.15, 0.2) is 0 Å². The van der Waals surface area contributed by atoms with Gasteiger partial charge in [0.2, 0.25) is 0 Å². The summed E-state index contributed by atoms with van der Waals surface area (Å²) in [5.74, 6) is 6.55. The lowest BCUT2D eigenvalue weighted by molar-refractivity contribution is 0.0180. The highest BCUT2D eigenvalue weighted by Gasteiger charge is 1.95. The molecule has 5 heteroatoms. The summed E-state index contributed by atoms with van der Waals surface area (Å²) in [5, 5.41) is 0. The zero-order chi connectivity index (χ0) is 15.2. The Kier molecular flexibility index (Phi) is 10.1. The smallest absolute Gasteiger partial charge is 0.120 e. The SMILES string of the molecule is COCCOCCOCCOc1cccc(C#CCN)c1. The maximum atomic E-state index is 5.59. The molecule has 0 unspecified atom stereocenters. The van der Waals surface area contributed by atoms with Gasteiger partial charge in [0.25, 0.3) is 0 Å². The van der Waals surface area contributed by atoms with Gasteiger partial charge in [-0.3, -0.25) is 0 Å². The van der Waals surface area contributed by atoms with Crippen molar-refractivity contribution < 1.29 is 18.9 Å². The molecule has 2 N–H and O–H groups in total. The van der Waals surface area contributed by atoms with Crippen molar-refractivity contribution in [1.82, 2.24) is 0 Å². The van der Waals surface area contributed by atoms with Gasteiger partial charge >= 0.3 is 0 Å². The molecule has 0 bridgehead atoms. The summed E-state index contributed by atoms with van der Waals surface area (Å²) in [6, 6.07) is 7.60. The number of methoxy groups -OCH3 is 1. The van der Waals surface area contributed by atoms with Crippen molar-refractivity contribution in [3.8, 4) is 17.6 Å². The number of rotatable bonds is 10. The van der Waals surface area contributed by atoms with Gasteiger partial charge in [-0.05, 0) is 18.2 Å². The first kappa shape index (κ1) is 17.5. The standard InChI is InChI=1S/C16H23NO4/c1-18-8-9-19-10-11-20-12-13-21-16-6-2-4-15(14-16)5-3-7-17/h2,4,6,14H,7-13,17H2,1H3. The number of nitrogens with two attached hydrogens (primary N) is 1. The molecule has 0 aliphatic rings. The Morgan fingerprint density at radius 3 is 2.43 bits per heavy atom. The van der Waals surface area contributed by atoms with E-state index in [1.807, 2.05) is 24.3 Å². The molecular formula is C16H23NO4. The Hall–Kier alpha value is -1.58. The molecule has 0 heterocycles. The Labute approximate surface area is 126 Å². The Morgan fingerprint density at radius 2 is 1.71 bits per heavy atom. The zero-order valence-corrected chi connectivity index (χ0v) is 12.5. The van der Waals surface area contributed by atoms with Crippen LogP contribution in [0.15, 0.2) is 24.3 Å². The van der Waals surface area contributed by atoms with E-state index in [4.69, 9.17) is 24.7 Å². The molecule has 0 fully saturated rings. The van der Waals surface area contributed by atoms with Crippen molar-refractivity contribution in [2.75, 3.05) is 53.3 Å². The number of hydrogen-bond donors (Lipinski definition) is 1. The van der Waals surface area contributed by atoms with Crippen LogP contribution in [0.1, 0.15) is 5.56 Å². The van der Waals surface area contributed by atoms with E-state index in [9.17, 15) is 0 Å². The van der Waals surface area contributed by atoms with Crippen LogP contribution in [0.5, 0.6) is 5.75 Å². The first-order chi connectivity index (χ1) is 10.4. The van der Waals surface area contributed by atoms with Gasteiger partial charge < -0.3 is 24.7 Å². The molecule has 0 saturated carbocycles. The van der Waals surface area contributed by atoms with Gasteiger partial charge in [-0.2, -0.15) is 0 Å². The van der Waals surface area contributed by atoms with Gasteiger partial charge in [-0.15, -0.1) is 0 Å². The second-order valence-corrected chi connectivity index (χ2v) is 4.10. The van der Waals surface area contributed by atoms with E-state index >= 15 is 0 Å². The molecule has 5 nitrogen and oxygen atoms in total. The predicted octanol–water partition coefficient (Wildman–Crippen LogP) is 1.06. The van der Waals surface area contributed by atoms with E-state index in [0.717, 1.165) is 11.3 Å². The third kappa shape index (κ3) is 9.05. The van der Waals surface area contributed by atoms with Crippen molar-refractivity contribution >= 4 is 0 Å². The second-order valence-electron chi connectivity index (χ2n) is 4.10. The minimum atomic E-state index is 0.353. The lowest BCUT2D eigenvalue weighted by atomic mass is 10.2. The van der Waals surface area contributed by atoms with E-state index in [1.165, 1.54) is 0 Å². The summed E-state index contributed by atoms with van der Waals surface area (Å²) in [7, 11) is 1.65. The largest absolute Gasteiger partial charge is 0.491 e. The number of hydrogen-bond acceptors (Lipinski definition) is 5. The van der Waals surface area contributed by atoms with Gasteiger partial charge in [0, 0.05) is 12.7 Å². The molecule has 1 aromatic carbocycles. The van der Waals surface area contributed by atoms with E-state index in [1.54, 1.807) is 7.11 Å². The fraction of sp³-hybridized carbons (Fsp3) is 0.500. The molecule has 0 aliphatic heterocycles. The van der Waals surface area contributed by atoms with Crippen molar-refractivity contribution in [3.63, 3.8) is 0 Å². The Balaban J connectivity index is 2.10. The number of benzene rings is 1. The first-order valence-corrected chi connectivity index (χ1v) is 6.93. The highest BCUT2D eigenvalue weighted by molar-refractivity contribution is 5.39. The summed E-state index contributed by atoms with van der Waals surface area (Å²) in [4.78, 5) is 0. The molecule has 1 aromatic rings. The molecular weight excluding hydrogens is 270 g/mol. The predicted molar refractivity (Wildman–Crippen MR) is 81.4 cm³/mol. The fourth-order valence-electron chi connectivity index (χ4n) is 1.50. The lowest BCUT2D eigenvalue weighted by Gasteiger charge is -2.08. The summed E-state index contributed by atoms with van der Waals surface area (Å²) in [5.41, 5.74) is 6.23. The summed E-state index contributed by atoms with van der Waals surface area (Å²) in [6.07, 6.45) is 0. The van der Waals surface area contributed by atoms with E-state index in [0.29, 0.717) is 46.2 Å². The van der Waals surface area contributed by atoms with Crippen LogP contribution in [0.4, 0.5) is 0 Å². The molecule has 0 atom stereocenters. The summed E-state index contributed by atoms with van der Waals surface area (Å²) in [6.45, 7) is 3.67. The van der Waals surface area contributed by atoms with Crippen LogP contribution in [0.25, 0.3) is 0 Å². The fourth-order valence-corrected chi connectivity index (χ4v) is 1.50. The molecule has 1 rings (SSSR count). The summed E-state index contributed by atoms with van der Waals surface area (Å²) < 4.78 is 21.1. The van der Waals surface area contributed by atoms with Gasteiger partial charge in [-0.1, -0.05) is 17.9 Å². The molecule has 0 aliphatic carbocycles. The molecule has 0 amide bonds. The molecule has 0 aromatic heterocycles. The zero-order valence-electron chi connectivity index (χ0n) is 12.5. The third-order valence-corrected chi connectivity index (χ3v) is 2.47. The number of ether oxygens (including phenoxy) is 4. The van der Waals surface area contributed by atoms with Crippen molar-refractivity contribution in [2.45, 2.75) is 0 Å². The van der Waals surface area contributed by atoms with Crippen molar-refractivity contribution in [2.24, 2.45) is 5.73 Å². The third-order valence-electron chi connectivity index (χ3n) is 2.47. The van der Waals surface area contributed by atoms with E-state index in [2.05, 4.69) is 11.8 Å².